The van der Waals surface area contributed by atoms with E-state index in [1.54, 1.807) is 0 Å². The molecule has 0 aromatic carbocycles. The van der Waals surface area contributed by atoms with Gasteiger partial charge in [-0.15, -0.1) is 0 Å². The van der Waals surface area contributed by atoms with Crippen molar-refractivity contribution in [1.82, 2.24) is 0 Å². The molecule has 0 aliphatic carbocycles. The highest BCUT2D eigenvalue weighted by atomic mass is 32.1. The minimum atomic E-state index is -0.255. The van der Waals surface area contributed by atoms with Gasteiger partial charge < -0.3 is 4.74 Å². The Morgan fingerprint density at radius 3 is 1.40 bits per heavy atom. The van der Waals surface area contributed by atoms with E-state index in [9.17, 15) is 4.79 Å². The van der Waals surface area contributed by atoms with Crippen molar-refractivity contribution in [3.63, 3.8) is 0 Å². The highest BCUT2D eigenvalue weighted by molar-refractivity contribution is 7.59. The van der Waals surface area contributed by atoms with Gasteiger partial charge in [0.1, 0.15) is 0 Å². The Morgan fingerprint density at radius 1 is 0.629 bits per heavy atom. The number of carbonyl (C=O) groups excluding carboxylic acids is 1. The molecule has 2 nitrogen and oxygen atoms in total. The Hall–Kier alpha value is 0.610. The molecule has 1 atom stereocenters. The molecule has 0 saturated carbocycles. The summed E-state index contributed by atoms with van der Waals surface area (Å²) in [5.41, 5.74) is -0.255. The van der Waals surface area contributed by atoms with Gasteiger partial charge in [-0.1, -0.05) is 110 Å². The van der Waals surface area contributed by atoms with Crippen LogP contribution in [-0.2, 0) is 9.53 Å². The van der Waals surface area contributed by atoms with Crippen LogP contribution in [0.25, 0.3) is 0 Å². The van der Waals surface area contributed by atoms with E-state index in [1.165, 1.54) is 89.9 Å². The molecule has 0 radical (unpaired) electrons. The van der Waals surface area contributed by atoms with Crippen LogP contribution in [0.1, 0.15) is 157 Å². The average molecular weight is 573 g/mol. The fourth-order valence-electron chi connectivity index (χ4n) is 4.41. The third-order valence-electron chi connectivity index (χ3n) is 6.63. The first-order valence-electron chi connectivity index (χ1n) is 13.9. The fourth-order valence-corrected chi connectivity index (χ4v) is 4.41. The number of esters is 1. The molecule has 0 aromatic heterocycles. The van der Waals surface area contributed by atoms with Crippen LogP contribution in [0.2, 0.25) is 0 Å². The van der Waals surface area contributed by atoms with E-state index < -0.39 is 0 Å². The zero-order valence-corrected chi connectivity index (χ0v) is 28.0. The fraction of sp³-hybridized carbons (Fsp3) is 0.897. The molecule has 6 heteroatoms. The highest BCUT2D eigenvalue weighted by Gasteiger charge is 2.37. The molecule has 1 unspecified atom stereocenters. The monoisotopic (exact) mass is 572 g/mol. The van der Waals surface area contributed by atoms with Gasteiger partial charge in [-0.3, -0.25) is 4.79 Å². The SMILES string of the molecule is CCCCCCCC/C=C\CCCCCCC(CC)(CCCCCC)C(=O)OC(C)C.S.S.S.S. The van der Waals surface area contributed by atoms with Gasteiger partial charge in [-0.2, -0.15) is 54.0 Å². The lowest BCUT2D eigenvalue weighted by molar-refractivity contribution is -0.161. The Kier molecular flexibility index (Phi) is 42.5. The summed E-state index contributed by atoms with van der Waals surface area (Å²) in [6.07, 6.45) is 28.2. The minimum Gasteiger partial charge on any atom is -0.463 e. The Morgan fingerprint density at radius 2 is 1.00 bits per heavy atom. The second-order valence-electron chi connectivity index (χ2n) is 9.88. The molecule has 0 aromatic rings. The largest absolute Gasteiger partial charge is 0.463 e. The Bertz CT molecular complexity index is 444. The van der Waals surface area contributed by atoms with E-state index in [0.717, 1.165) is 32.1 Å². The third-order valence-corrected chi connectivity index (χ3v) is 6.63. The van der Waals surface area contributed by atoms with Crippen molar-refractivity contribution >= 4 is 60.0 Å². The van der Waals surface area contributed by atoms with Crippen LogP contribution in [0.15, 0.2) is 12.2 Å². The van der Waals surface area contributed by atoms with Crippen molar-refractivity contribution in [2.24, 2.45) is 5.41 Å². The summed E-state index contributed by atoms with van der Waals surface area (Å²) in [4.78, 5) is 12.9. The van der Waals surface area contributed by atoms with Gasteiger partial charge in [0, 0.05) is 0 Å². The predicted molar refractivity (Wildman–Crippen MR) is 179 cm³/mol. The van der Waals surface area contributed by atoms with Gasteiger partial charge >= 0.3 is 5.97 Å². The summed E-state index contributed by atoms with van der Waals surface area (Å²) < 4.78 is 5.69. The topological polar surface area (TPSA) is 26.3 Å². The molecule has 0 spiro atoms. The van der Waals surface area contributed by atoms with Crippen molar-refractivity contribution in [3.05, 3.63) is 12.2 Å². The molecule has 0 heterocycles. The summed E-state index contributed by atoms with van der Waals surface area (Å²) in [6.45, 7) is 10.6. The van der Waals surface area contributed by atoms with Gasteiger partial charge in [0.15, 0.2) is 0 Å². The lowest BCUT2D eigenvalue weighted by atomic mass is 9.75. The standard InChI is InChI=1S/C29H56O2.4H2S/c1-6-9-11-13-14-15-16-17-18-19-20-21-22-24-26-29(8-3,25-23-12-10-7-2)28(30)31-27(4)5;;;;/h17-18,27H,6-16,19-26H2,1-5H3;4*1H2/b18-17-;;;;. The molecule has 0 bridgehead atoms. The average Bonchev–Trinajstić information content (AvgIpc) is 2.75. The van der Waals surface area contributed by atoms with E-state index in [0.29, 0.717) is 0 Å². The molecular formula is C29H64O2S4. The molecule has 0 amide bonds. The third kappa shape index (κ3) is 26.0. The maximum Gasteiger partial charge on any atom is 0.312 e. The van der Waals surface area contributed by atoms with Gasteiger partial charge in [-0.25, -0.2) is 0 Å². The van der Waals surface area contributed by atoms with Crippen LogP contribution in [0, 0.1) is 5.41 Å². The maximum absolute atomic E-state index is 12.9. The highest BCUT2D eigenvalue weighted by Crippen LogP contribution is 2.37. The molecule has 0 fully saturated rings. The quantitative estimate of drug-likeness (QED) is 0.0732. The molecule has 35 heavy (non-hydrogen) atoms. The first-order chi connectivity index (χ1) is 15.0. The van der Waals surface area contributed by atoms with Crippen molar-refractivity contribution in [3.8, 4) is 0 Å². The zero-order valence-electron chi connectivity index (χ0n) is 24.0. The van der Waals surface area contributed by atoms with Crippen LogP contribution in [0.4, 0.5) is 0 Å². The minimum absolute atomic E-state index is 0. The van der Waals surface area contributed by atoms with Crippen molar-refractivity contribution in [1.29, 1.82) is 0 Å². The summed E-state index contributed by atoms with van der Waals surface area (Å²) in [5, 5.41) is 0. The molecule has 216 valence electrons. The van der Waals surface area contributed by atoms with Gasteiger partial charge in [0.2, 0.25) is 0 Å². The van der Waals surface area contributed by atoms with E-state index in [-0.39, 0.29) is 71.5 Å². The normalized spacial score (nSPS) is 12.2. The maximum atomic E-state index is 12.9. The molecule has 0 saturated heterocycles. The number of rotatable bonds is 22. The Labute approximate surface area is 248 Å². The number of unbranched alkanes of at least 4 members (excludes halogenated alkanes) is 13. The van der Waals surface area contributed by atoms with Crippen LogP contribution < -0.4 is 0 Å². The van der Waals surface area contributed by atoms with Crippen molar-refractivity contribution in [2.75, 3.05) is 0 Å². The molecule has 0 aliphatic rings. The summed E-state index contributed by atoms with van der Waals surface area (Å²) in [6, 6.07) is 0. The second kappa shape index (κ2) is 32.6. The molecule has 0 rings (SSSR count). The van der Waals surface area contributed by atoms with Crippen LogP contribution in [0.5, 0.6) is 0 Å². The van der Waals surface area contributed by atoms with Gasteiger partial charge in [0.05, 0.1) is 11.5 Å². The van der Waals surface area contributed by atoms with Crippen LogP contribution >= 0.6 is 54.0 Å². The summed E-state index contributed by atoms with van der Waals surface area (Å²) in [7, 11) is 0. The molecule has 0 N–H and O–H groups in total. The number of ether oxygens (including phenoxy) is 1. The first-order valence-corrected chi connectivity index (χ1v) is 13.9. The van der Waals surface area contributed by atoms with Gasteiger partial charge in [0.25, 0.3) is 0 Å². The smallest absolute Gasteiger partial charge is 0.312 e. The lowest BCUT2D eigenvalue weighted by Gasteiger charge is -2.31. The zero-order chi connectivity index (χ0) is 23.2. The van der Waals surface area contributed by atoms with E-state index in [1.807, 2.05) is 13.8 Å². The predicted octanol–water partition coefficient (Wildman–Crippen LogP) is 10.4. The summed E-state index contributed by atoms with van der Waals surface area (Å²) in [5.74, 6) is 0.0547. The first kappa shape index (κ1) is 45.5. The van der Waals surface area contributed by atoms with E-state index in [4.69, 9.17) is 4.74 Å². The van der Waals surface area contributed by atoms with Crippen molar-refractivity contribution in [2.45, 2.75) is 163 Å². The van der Waals surface area contributed by atoms with Gasteiger partial charge in [-0.05, 0) is 58.8 Å². The van der Waals surface area contributed by atoms with E-state index in [2.05, 4.69) is 32.9 Å². The number of hydrogen-bond acceptors (Lipinski definition) is 2. The van der Waals surface area contributed by atoms with E-state index >= 15 is 0 Å². The number of carbonyl (C=O) groups is 1. The molecule has 0 aliphatic heterocycles. The number of hydrogen-bond donors (Lipinski definition) is 0. The van der Waals surface area contributed by atoms with Crippen LogP contribution in [0.3, 0.4) is 0 Å². The van der Waals surface area contributed by atoms with Crippen LogP contribution in [-0.4, -0.2) is 12.1 Å². The lowest BCUT2D eigenvalue weighted by Crippen LogP contribution is -2.34. The number of allylic oxidation sites excluding steroid dienone is 2. The van der Waals surface area contributed by atoms with Crippen molar-refractivity contribution < 1.29 is 9.53 Å². The molecular weight excluding hydrogens is 509 g/mol. The summed E-state index contributed by atoms with van der Waals surface area (Å²) >= 11 is 0. The second-order valence-corrected chi connectivity index (χ2v) is 9.88. The Balaban J connectivity index is -0.000000750.